The number of hydrogen-bond donors (Lipinski definition) is 2. The van der Waals surface area contributed by atoms with Crippen molar-refractivity contribution >= 4 is 18.5 Å². The summed E-state index contributed by atoms with van der Waals surface area (Å²) in [4.78, 5) is 12.4. The van der Waals surface area contributed by atoms with Crippen molar-refractivity contribution in [2.45, 2.75) is 24.9 Å². The Morgan fingerprint density at radius 2 is 1.71 bits per heavy atom. The van der Waals surface area contributed by atoms with Gasteiger partial charge in [0.25, 0.3) is 0 Å². The second-order valence-electron chi connectivity index (χ2n) is 4.47. The van der Waals surface area contributed by atoms with Crippen LogP contribution in [0.3, 0.4) is 0 Å². The SMILES string of the molecule is Cl.O=C(O)N1C[C@@H]2[C@H](C1)[C@@H]1CC[C@H]2N1. The lowest BCUT2D eigenvalue weighted by atomic mass is 9.82. The van der Waals surface area contributed by atoms with Crippen molar-refractivity contribution < 1.29 is 9.90 Å². The van der Waals surface area contributed by atoms with Crippen LogP contribution < -0.4 is 5.32 Å². The van der Waals surface area contributed by atoms with E-state index in [4.69, 9.17) is 5.11 Å². The molecule has 1 amide bonds. The third-order valence-electron chi connectivity index (χ3n) is 3.93. The molecule has 2 bridgehead atoms. The molecule has 0 radical (unpaired) electrons. The van der Waals surface area contributed by atoms with E-state index in [1.165, 1.54) is 12.8 Å². The van der Waals surface area contributed by atoms with Crippen molar-refractivity contribution in [1.82, 2.24) is 10.2 Å². The Morgan fingerprint density at radius 1 is 1.21 bits per heavy atom. The Balaban J connectivity index is 0.000000750. The van der Waals surface area contributed by atoms with Crippen LogP contribution in [0.2, 0.25) is 0 Å². The first-order valence-electron chi connectivity index (χ1n) is 4.99. The van der Waals surface area contributed by atoms with Gasteiger partial charge in [-0.1, -0.05) is 0 Å². The van der Waals surface area contributed by atoms with Crippen LogP contribution in [0.4, 0.5) is 4.79 Å². The largest absolute Gasteiger partial charge is 0.465 e. The quantitative estimate of drug-likeness (QED) is 0.632. The van der Waals surface area contributed by atoms with Gasteiger partial charge in [0.1, 0.15) is 0 Å². The first kappa shape index (κ1) is 10.1. The Bertz CT molecular complexity index is 243. The first-order chi connectivity index (χ1) is 6.25. The zero-order chi connectivity index (χ0) is 9.00. The minimum Gasteiger partial charge on any atom is -0.465 e. The summed E-state index contributed by atoms with van der Waals surface area (Å²) >= 11 is 0. The van der Waals surface area contributed by atoms with Crippen molar-refractivity contribution in [3.05, 3.63) is 0 Å². The van der Waals surface area contributed by atoms with Gasteiger partial charge < -0.3 is 15.3 Å². The number of hydrogen-bond acceptors (Lipinski definition) is 2. The standard InChI is InChI=1S/C9H14N2O2.ClH/c12-9(13)11-3-5-6(4-11)8-2-1-7(5)10-8;/h5-8,10H,1-4H2,(H,12,13);1H/t5-,6+,7-,8+;. The Labute approximate surface area is 89.1 Å². The number of carbonyl (C=O) groups is 1. The molecule has 14 heavy (non-hydrogen) atoms. The molecule has 80 valence electrons. The highest BCUT2D eigenvalue weighted by atomic mass is 35.5. The summed E-state index contributed by atoms with van der Waals surface area (Å²) in [5.41, 5.74) is 0. The van der Waals surface area contributed by atoms with Gasteiger partial charge in [0.2, 0.25) is 0 Å². The maximum Gasteiger partial charge on any atom is 0.407 e. The molecule has 3 rings (SSSR count). The van der Waals surface area contributed by atoms with Crippen LogP contribution >= 0.6 is 12.4 Å². The van der Waals surface area contributed by atoms with Crippen molar-refractivity contribution in [3.63, 3.8) is 0 Å². The first-order valence-corrected chi connectivity index (χ1v) is 4.99. The van der Waals surface area contributed by atoms with E-state index in [0.717, 1.165) is 13.1 Å². The number of likely N-dealkylation sites (tertiary alicyclic amines) is 1. The van der Waals surface area contributed by atoms with Gasteiger partial charge >= 0.3 is 6.09 Å². The van der Waals surface area contributed by atoms with Gasteiger partial charge in [-0.05, 0) is 24.7 Å². The van der Waals surface area contributed by atoms with E-state index < -0.39 is 6.09 Å². The Hall–Kier alpha value is -0.480. The van der Waals surface area contributed by atoms with Gasteiger partial charge in [-0.25, -0.2) is 4.79 Å². The van der Waals surface area contributed by atoms with Crippen LogP contribution in [0.15, 0.2) is 0 Å². The molecule has 4 nitrogen and oxygen atoms in total. The average Bonchev–Trinajstić information content (AvgIpc) is 2.76. The maximum absolute atomic E-state index is 10.8. The molecule has 0 aromatic rings. The van der Waals surface area contributed by atoms with Gasteiger partial charge in [0.15, 0.2) is 0 Å². The van der Waals surface area contributed by atoms with E-state index in [2.05, 4.69) is 5.32 Å². The third kappa shape index (κ3) is 1.21. The number of rotatable bonds is 0. The minimum atomic E-state index is -0.742. The smallest absolute Gasteiger partial charge is 0.407 e. The zero-order valence-electron chi connectivity index (χ0n) is 7.85. The summed E-state index contributed by atoms with van der Waals surface area (Å²) in [6.07, 6.45) is 1.76. The highest BCUT2D eigenvalue weighted by Crippen LogP contribution is 2.42. The monoisotopic (exact) mass is 218 g/mol. The van der Waals surface area contributed by atoms with Crippen LogP contribution in [0.5, 0.6) is 0 Å². The number of nitrogens with one attached hydrogen (secondary N) is 1. The molecule has 3 fully saturated rings. The van der Waals surface area contributed by atoms with Crippen LogP contribution in [-0.4, -0.2) is 41.3 Å². The van der Waals surface area contributed by atoms with Crippen LogP contribution in [0.1, 0.15) is 12.8 Å². The van der Waals surface area contributed by atoms with Gasteiger partial charge in [-0.2, -0.15) is 0 Å². The summed E-state index contributed by atoms with van der Waals surface area (Å²) in [6.45, 7) is 1.52. The Morgan fingerprint density at radius 3 is 2.14 bits per heavy atom. The fourth-order valence-corrected chi connectivity index (χ4v) is 3.34. The molecule has 0 aromatic heterocycles. The molecular weight excluding hydrogens is 204 g/mol. The molecule has 5 heteroatoms. The van der Waals surface area contributed by atoms with Crippen molar-refractivity contribution in [3.8, 4) is 0 Å². The fourth-order valence-electron chi connectivity index (χ4n) is 3.34. The topological polar surface area (TPSA) is 52.6 Å². The van der Waals surface area contributed by atoms with E-state index in [-0.39, 0.29) is 12.4 Å². The predicted octanol–water partition coefficient (Wildman–Crippen LogP) is 0.768. The highest BCUT2D eigenvalue weighted by molar-refractivity contribution is 5.85. The molecule has 0 aromatic carbocycles. The number of carboxylic acid groups (broad SMARTS) is 1. The minimum absolute atomic E-state index is 0. The summed E-state index contributed by atoms with van der Waals surface area (Å²) in [5, 5.41) is 12.4. The maximum atomic E-state index is 10.8. The molecule has 0 spiro atoms. The predicted molar refractivity (Wildman–Crippen MR) is 53.8 cm³/mol. The highest BCUT2D eigenvalue weighted by Gasteiger charge is 2.52. The molecule has 0 aliphatic carbocycles. The van der Waals surface area contributed by atoms with Crippen molar-refractivity contribution in [2.75, 3.05) is 13.1 Å². The molecule has 3 heterocycles. The summed E-state index contributed by atoms with van der Waals surface area (Å²) < 4.78 is 0. The summed E-state index contributed by atoms with van der Waals surface area (Å²) in [6, 6.07) is 1.22. The number of fused-ring (bicyclic) bond motifs is 5. The summed E-state index contributed by atoms with van der Waals surface area (Å²) in [5.74, 6) is 1.21. The lowest BCUT2D eigenvalue weighted by Crippen LogP contribution is -2.33. The van der Waals surface area contributed by atoms with Gasteiger partial charge in [0.05, 0.1) is 0 Å². The van der Waals surface area contributed by atoms with E-state index in [9.17, 15) is 4.79 Å². The molecular formula is C9H15ClN2O2. The fraction of sp³-hybridized carbons (Fsp3) is 0.889. The van der Waals surface area contributed by atoms with Gasteiger partial charge in [-0.3, -0.25) is 0 Å². The van der Waals surface area contributed by atoms with E-state index in [0.29, 0.717) is 23.9 Å². The van der Waals surface area contributed by atoms with Gasteiger partial charge in [-0.15, -0.1) is 12.4 Å². The second-order valence-corrected chi connectivity index (χ2v) is 4.47. The van der Waals surface area contributed by atoms with Gasteiger partial charge in [0, 0.05) is 25.2 Å². The molecule has 2 N–H and O–H groups in total. The van der Waals surface area contributed by atoms with E-state index in [1.54, 1.807) is 4.90 Å². The van der Waals surface area contributed by atoms with Crippen LogP contribution in [0, 0.1) is 11.8 Å². The normalized spacial score (nSPS) is 43.6. The van der Waals surface area contributed by atoms with Crippen LogP contribution in [0.25, 0.3) is 0 Å². The molecule has 3 saturated heterocycles. The number of halogens is 1. The molecule has 3 aliphatic heterocycles. The van der Waals surface area contributed by atoms with Crippen molar-refractivity contribution in [2.24, 2.45) is 11.8 Å². The average molecular weight is 219 g/mol. The zero-order valence-corrected chi connectivity index (χ0v) is 8.67. The van der Waals surface area contributed by atoms with E-state index in [1.807, 2.05) is 0 Å². The van der Waals surface area contributed by atoms with Crippen molar-refractivity contribution in [1.29, 1.82) is 0 Å². The van der Waals surface area contributed by atoms with Crippen LogP contribution in [-0.2, 0) is 0 Å². The molecule has 0 unspecified atom stereocenters. The Kier molecular flexibility index (Phi) is 2.35. The van der Waals surface area contributed by atoms with E-state index >= 15 is 0 Å². The number of amides is 1. The molecule has 0 saturated carbocycles. The number of nitrogens with zero attached hydrogens (tertiary/aromatic N) is 1. The lowest BCUT2D eigenvalue weighted by molar-refractivity contribution is 0.151. The lowest BCUT2D eigenvalue weighted by Gasteiger charge is -2.19. The molecule has 3 aliphatic rings. The summed E-state index contributed by atoms with van der Waals surface area (Å²) in [7, 11) is 0. The second kappa shape index (κ2) is 3.28. The molecule has 4 atom stereocenters. The third-order valence-corrected chi connectivity index (χ3v) is 3.93.